The predicted octanol–water partition coefficient (Wildman–Crippen LogP) is 2.85. The van der Waals surface area contributed by atoms with Crippen LogP contribution in [0, 0.1) is 0 Å². The van der Waals surface area contributed by atoms with E-state index in [2.05, 4.69) is 10.5 Å². The first-order valence-corrected chi connectivity index (χ1v) is 7.01. The van der Waals surface area contributed by atoms with E-state index in [1.54, 1.807) is 25.1 Å². The van der Waals surface area contributed by atoms with Crippen LogP contribution in [0.2, 0.25) is 0 Å². The molecule has 2 amide bonds. The highest BCUT2D eigenvalue weighted by Crippen LogP contribution is 2.35. The van der Waals surface area contributed by atoms with Crippen LogP contribution in [0.1, 0.15) is 5.56 Å². The number of para-hydroxylation sites is 1. The molecule has 2 aromatic rings. The zero-order valence-electron chi connectivity index (χ0n) is 11.4. The molecule has 0 saturated heterocycles. The first kappa shape index (κ1) is 14.9. The van der Waals surface area contributed by atoms with Crippen LogP contribution in [0.15, 0.2) is 63.4 Å². The Balaban J connectivity index is 2.24. The molecule has 0 bridgehead atoms. The number of urea groups is 1. The van der Waals surface area contributed by atoms with Crippen LogP contribution in [0.25, 0.3) is 0 Å². The molecular weight excluding hydrogens is 286 g/mol. The third kappa shape index (κ3) is 4.25. The van der Waals surface area contributed by atoms with Gasteiger partial charge in [0.25, 0.3) is 0 Å². The molecule has 3 N–H and O–H groups in total. The molecule has 21 heavy (non-hydrogen) atoms. The highest BCUT2D eigenvalue weighted by Gasteiger charge is 2.06. The van der Waals surface area contributed by atoms with Gasteiger partial charge in [-0.15, -0.1) is 0 Å². The SMILES string of the molecule is COc1ccccc1Sc1ccccc1C=NNC(N)=O. The van der Waals surface area contributed by atoms with Gasteiger partial charge in [0.1, 0.15) is 5.75 Å². The maximum Gasteiger partial charge on any atom is 0.332 e. The minimum absolute atomic E-state index is 0.693. The number of hydrogen-bond acceptors (Lipinski definition) is 4. The number of carbonyl (C=O) groups is 1. The lowest BCUT2D eigenvalue weighted by atomic mass is 10.2. The van der Waals surface area contributed by atoms with Crippen molar-refractivity contribution in [3.63, 3.8) is 0 Å². The molecule has 0 aliphatic carbocycles. The van der Waals surface area contributed by atoms with Gasteiger partial charge in [-0.2, -0.15) is 5.10 Å². The first-order chi connectivity index (χ1) is 10.2. The van der Waals surface area contributed by atoms with Gasteiger partial charge in [-0.1, -0.05) is 42.1 Å². The molecule has 2 rings (SSSR count). The van der Waals surface area contributed by atoms with E-state index in [9.17, 15) is 4.79 Å². The van der Waals surface area contributed by atoms with Gasteiger partial charge < -0.3 is 10.5 Å². The average molecular weight is 301 g/mol. The summed E-state index contributed by atoms with van der Waals surface area (Å²) in [4.78, 5) is 12.6. The van der Waals surface area contributed by atoms with Crippen molar-refractivity contribution in [1.29, 1.82) is 0 Å². The van der Waals surface area contributed by atoms with E-state index in [-0.39, 0.29) is 0 Å². The van der Waals surface area contributed by atoms with Gasteiger partial charge in [-0.25, -0.2) is 10.2 Å². The average Bonchev–Trinajstić information content (AvgIpc) is 2.49. The molecule has 0 spiro atoms. The van der Waals surface area contributed by atoms with Crippen LogP contribution >= 0.6 is 11.8 Å². The van der Waals surface area contributed by atoms with Gasteiger partial charge in [-0.05, 0) is 18.2 Å². The van der Waals surface area contributed by atoms with Gasteiger partial charge in [0.2, 0.25) is 0 Å². The summed E-state index contributed by atoms with van der Waals surface area (Å²) < 4.78 is 5.34. The molecule has 0 radical (unpaired) electrons. The van der Waals surface area contributed by atoms with E-state index >= 15 is 0 Å². The number of methoxy groups -OCH3 is 1. The standard InChI is InChI=1S/C15H15N3O2S/c1-20-12-7-3-5-9-14(12)21-13-8-4-2-6-11(13)10-17-18-15(16)19/h2-10H,1H3,(H3,16,18,19). The number of hydrazone groups is 1. The van der Waals surface area contributed by atoms with Crippen molar-refractivity contribution in [3.05, 3.63) is 54.1 Å². The van der Waals surface area contributed by atoms with E-state index < -0.39 is 6.03 Å². The molecular formula is C15H15N3O2S. The fraction of sp³-hybridized carbons (Fsp3) is 0.0667. The van der Waals surface area contributed by atoms with Crippen LogP contribution in [0.3, 0.4) is 0 Å². The summed E-state index contributed by atoms with van der Waals surface area (Å²) in [6, 6.07) is 14.8. The molecule has 6 heteroatoms. The van der Waals surface area contributed by atoms with E-state index in [0.29, 0.717) is 0 Å². The van der Waals surface area contributed by atoms with Crippen molar-refractivity contribution in [3.8, 4) is 5.75 Å². The van der Waals surface area contributed by atoms with Crippen LogP contribution in [-0.4, -0.2) is 19.4 Å². The number of amides is 2. The van der Waals surface area contributed by atoms with Crippen LogP contribution in [0.4, 0.5) is 4.79 Å². The highest BCUT2D eigenvalue weighted by atomic mass is 32.2. The van der Waals surface area contributed by atoms with Crippen LogP contribution in [0.5, 0.6) is 5.75 Å². The molecule has 0 atom stereocenters. The minimum Gasteiger partial charge on any atom is -0.496 e. The molecule has 5 nitrogen and oxygen atoms in total. The lowest BCUT2D eigenvalue weighted by molar-refractivity contribution is 0.249. The lowest BCUT2D eigenvalue weighted by Gasteiger charge is -2.09. The molecule has 108 valence electrons. The van der Waals surface area contributed by atoms with Crippen molar-refractivity contribution in [1.82, 2.24) is 5.43 Å². The number of nitrogens with two attached hydrogens (primary N) is 1. The molecule has 2 aromatic carbocycles. The maximum atomic E-state index is 10.6. The molecule has 0 heterocycles. The van der Waals surface area contributed by atoms with Gasteiger partial charge in [0.05, 0.1) is 18.2 Å². The Morgan fingerprint density at radius 1 is 1.19 bits per heavy atom. The second-order valence-electron chi connectivity index (χ2n) is 4.03. The fourth-order valence-corrected chi connectivity index (χ4v) is 2.69. The molecule has 0 fully saturated rings. The lowest BCUT2D eigenvalue weighted by Crippen LogP contribution is -2.24. The van der Waals surface area contributed by atoms with E-state index in [0.717, 1.165) is 21.1 Å². The van der Waals surface area contributed by atoms with Crippen molar-refractivity contribution < 1.29 is 9.53 Å². The first-order valence-electron chi connectivity index (χ1n) is 6.19. The number of nitrogens with one attached hydrogen (secondary N) is 1. The number of ether oxygens (including phenoxy) is 1. The summed E-state index contributed by atoms with van der Waals surface area (Å²) in [5, 5.41) is 3.79. The number of benzene rings is 2. The van der Waals surface area contributed by atoms with E-state index in [1.807, 2.05) is 48.5 Å². The topological polar surface area (TPSA) is 76.7 Å². The van der Waals surface area contributed by atoms with E-state index in [1.165, 1.54) is 0 Å². The quantitative estimate of drug-likeness (QED) is 0.658. The van der Waals surface area contributed by atoms with Crippen molar-refractivity contribution in [2.24, 2.45) is 10.8 Å². The Bertz CT molecular complexity index is 659. The third-order valence-electron chi connectivity index (χ3n) is 2.59. The number of primary amides is 1. The smallest absolute Gasteiger partial charge is 0.332 e. The zero-order valence-corrected chi connectivity index (χ0v) is 12.3. The summed E-state index contributed by atoms with van der Waals surface area (Å²) in [7, 11) is 1.64. The summed E-state index contributed by atoms with van der Waals surface area (Å²) in [5.41, 5.74) is 8.03. The Hall–Kier alpha value is -2.47. The van der Waals surface area contributed by atoms with Crippen LogP contribution in [-0.2, 0) is 0 Å². The fourth-order valence-electron chi connectivity index (χ4n) is 1.67. The molecule has 0 aromatic heterocycles. The highest BCUT2D eigenvalue weighted by molar-refractivity contribution is 7.99. The van der Waals surface area contributed by atoms with Gasteiger partial charge in [0, 0.05) is 10.5 Å². The van der Waals surface area contributed by atoms with Gasteiger partial charge in [0.15, 0.2) is 0 Å². The monoisotopic (exact) mass is 301 g/mol. The molecule has 0 aliphatic heterocycles. The zero-order chi connectivity index (χ0) is 15.1. The number of hydrogen-bond donors (Lipinski definition) is 2. The Kier molecular flexibility index (Phi) is 5.22. The number of carbonyl (C=O) groups excluding carboxylic acids is 1. The van der Waals surface area contributed by atoms with E-state index in [4.69, 9.17) is 10.5 Å². The normalized spacial score (nSPS) is 10.5. The summed E-state index contributed by atoms with van der Waals surface area (Å²) >= 11 is 1.56. The van der Waals surface area contributed by atoms with Crippen molar-refractivity contribution in [2.45, 2.75) is 9.79 Å². The molecule has 0 unspecified atom stereocenters. The Morgan fingerprint density at radius 2 is 1.86 bits per heavy atom. The Labute approximate surface area is 127 Å². The van der Waals surface area contributed by atoms with Crippen molar-refractivity contribution >= 4 is 24.0 Å². The van der Waals surface area contributed by atoms with Crippen molar-refractivity contribution in [2.75, 3.05) is 7.11 Å². The Morgan fingerprint density at radius 3 is 2.57 bits per heavy atom. The number of rotatable bonds is 5. The van der Waals surface area contributed by atoms with Gasteiger partial charge in [-0.3, -0.25) is 0 Å². The summed E-state index contributed by atoms with van der Waals surface area (Å²) in [6.45, 7) is 0. The minimum atomic E-state index is -0.693. The third-order valence-corrected chi connectivity index (χ3v) is 3.74. The second-order valence-corrected chi connectivity index (χ2v) is 5.11. The van der Waals surface area contributed by atoms with Gasteiger partial charge >= 0.3 is 6.03 Å². The summed E-state index contributed by atoms with van der Waals surface area (Å²) in [5.74, 6) is 0.810. The predicted molar refractivity (Wildman–Crippen MR) is 83.9 cm³/mol. The summed E-state index contributed by atoms with van der Waals surface area (Å²) in [6.07, 6.45) is 1.56. The largest absolute Gasteiger partial charge is 0.496 e. The van der Waals surface area contributed by atoms with Crippen LogP contribution < -0.4 is 15.9 Å². The number of nitrogens with zero attached hydrogens (tertiary/aromatic N) is 1. The molecule has 0 saturated carbocycles. The molecule has 0 aliphatic rings. The maximum absolute atomic E-state index is 10.6. The second kappa shape index (κ2) is 7.35.